The fourth-order valence-corrected chi connectivity index (χ4v) is 1.33. The number of hydrogen-bond acceptors (Lipinski definition) is 4. The lowest BCUT2D eigenvalue weighted by Crippen LogP contribution is -2.10. The van der Waals surface area contributed by atoms with Gasteiger partial charge in [0.05, 0.1) is 30.5 Å². The number of rotatable bonds is 4. The number of methoxy groups -OCH3 is 1. The maximum Gasteiger partial charge on any atom is 0.339 e. The molecule has 4 nitrogen and oxygen atoms in total. The fourth-order valence-electron chi connectivity index (χ4n) is 1.33. The molecule has 1 heterocycles. The van der Waals surface area contributed by atoms with Crippen LogP contribution in [-0.2, 0) is 4.74 Å². The van der Waals surface area contributed by atoms with Crippen molar-refractivity contribution in [1.82, 2.24) is 4.98 Å². The van der Waals surface area contributed by atoms with Crippen LogP contribution in [0.3, 0.4) is 0 Å². The van der Waals surface area contributed by atoms with Gasteiger partial charge in [-0.05, 0) is 19.9 Å². The molecule has 1 rings (SSSR count). The second-order valence-corrected chi connectivity index (χ2v) is 3.24. The number of pyridine rings is 1. The van der Waals surface area contributed by atoms with Gasteiger partial charge in [0.15, 0.2) is 0 Å². The number of carbonyl (C=O) groups excluding carboxylic acids is 1. The van der Waals surface area contributed by atoms with Gasteiger partial charge in [-0.25, -0.2) is 18.6 Å². The molecule has 0 fully saturated rings. The summed E-state index contributed by atoms with van der Waals surface area (Å²) in [5.41, 5.74) is -0.0891. The molecule has 1 aromatic heterocycles. The third-order valence-electron chi connectivity index (χ3n) is 2.13. The van der Waals surface area contributed by atoms with E-state index < -0.39 is 18.0 Å². The van der Waals surface area contributed by atoms with E-state index in [1.54, 1.807) is 6.92 Å². The van der Waals surface area contributed by atoms with Gasteiger partial charge in [0.1, 0.15) is 0 Å². The number of esters is 1. The summed E-state index contributed by atoms with van der Waals surface area (Å²) in [6.45, 7) is 3.34. The summed E-state index contributed by atoms with van der Waals surface area (Å²) in [7, 11) is 1.25. The molecule has 0 unspecified atom stereocenters. The summed E-state index contributed by atoms with van der Waals surface area (Å²) >= 11 is 0. The van der Waals surface area contributed by atoms with Gasteiger partial charge in [0, 0.05) is 0 Å². The van der Waals surface area contributed by atoms with E-state index in [-0.39, 0.29) is 18.1 Å². The quantitative estimate of drug-likeness (QED) is 0.765. The highest BCUT2D eigenvalue weighted by atomic mass is 19.3. The van der Waals surface area contributed by atoms with Gasteiger partial charge >= 0.3 is 5.97 Å². The second kappa shape index (κ2) is 5.56. The van der Waals surface area contributed by atoms with Crippen molar-refractivity contribution in [2.75, 3.05) is 13.7 Å². The topological polar surface area (TPSA) is 48.4 Å². The average molecular weight is 245 g/mol. The number of aryl methyl sites for hydroxylation is 1. The molecule has 0 bridgehead atoms. The summed E-state index contributed by atoms with van der Waals surface area (Å²) < 4.78 is 34.9. The van der Waals surface area contributed by atoms with E-state index >= 15 is 0 Å². The third-order valence-corrected chi connectivity index (χ3v) is 2.13. The Hall–Kier alpha value is -1.72. The predicted octanol–water partition coefficient (Wildman–Crippen LogP) is 2.51. The Morgan fingerprint density at radius 1 is 1.53 bits per heavy atom. The number of nitrogens with zero attached hydrogens (tertiary/aromatic N) is 1. The summed E-state index contributed by atoms with van der Waals surface area (Å²) in [4.78, 5) is 15.3. The highest BCUT2D eigenvalue weighted by Gasteiger charge is 2.21. The van der Waals surface area contributed by atoms with Gasteiger partial charge in [0.2, 0.25) is 5.88 Å². The summed E-state index contributed by atoms with van der Waals surface area (Å²) in [6, 6.07) is 1.06. The Kier molecular flexibility index (Phi) is 4.37. The molecule has 0 aliphatic carbocycles. The molecular formula is C11H13F2NO3. The van der Waals surface area contributed by atoms with Crippen LogP contribution in [0, 0.1) is 6.92 Å². The SMILES string of the molecule is CCOC(=O)c1cc(C(F)F)c(OC)nc1C. The van der Waals surface area contributed by atoms with Crippen molar-refractivity contribution < 1.29 is 23.0 Å². The molecule has 1 aromatic rings. The number of halogens is 2. The van der Waals surface area contributed by atoms with Gasteiger partial charge in [-0.3, -0.25) is 0 Å². The Balaban J connectivity index is 3.24. The van der Waals surface area contributed by atoms with Crippen LogP contribution in [0.2, 0.25) is 0 Å². The normalized spacial score (nSPS) is 10.5. The highest BCUT2D eigenvalue weighted by molar-refractivity contribution is 5.90. The lowest BCUT2D eigenvalue weighted by atomic mass is 10.1. The molecule has 0 radical (unpaired) electrons. The van der Waals surface area contributed by atoms with Crippen molar-refractivity contribution >= 4 is 5.97 Å². The van der Waals surface area contributed by atoms with E-state index in [1.165, 1.54) is 14.0 Å². The Bertz CT molecular complexity index is 421. The minimum Gasteiger partial charge on any atom is -0.481 e. The van der Waals surface area contributed by atoms with E-state index in [2.05, 4.69) is 4.98 Å². The van der Waals surface area contributed by atoms with Gasteiger partial charge in [-0.2, -0.15) is 0 Å². The number of alkyl halides is 2. The van der Waals surface area contributed by atoms with Crippen molar-refractivity contribution in [3.63, 3.8) is 0 Å². The molecule has 94 valence electrons. The largest absolute Gasteiger partial charge is 0.481 e. The zero-order valence-corrected chi connectivity index (χ0v) is 9.79. The van der Waals surface area contributed by atoms with E-state index in [4.69, 9.17) is 9.47 Å². The number of aromatic nitrogens is 1. The molecular weight excluding hydrogens is 232 g/mol. The van der Waals surface area contributed by atoms with Crippen molar-refractivity contribution in [2.24, 2.45) is 0 Å². The van der Waals surface area contributed by atoms with Crippen LogP contribution in [-0.4, -0.2) is 24.7 Å². The summed E-state index contributed by atoms with van der Waals surface area (Å²) in [5.74, 6) is -0.840. The summed E-state index contributed by atoms with van der Waals surface area (Å²) in [6.07, 6.45) is -2.76. The fraction of sp³-hybridized carbons (Fsp3) is 0.455. The maximum atomic E-state index is 12.7. The van der Waals surface area contributed by atoms with Crippen LogP contribution < -0.4 is 4.74 Å². The van der Waals surface area contributed by atoms with E-state index in [1.807, 2.05) is 0 Å². The van der Waals surface area contributed by atoms with Crippen LogP contribution in [0.25, 0.3) is 0 Å². The molecule has 0 amide bonds. The lowest BCUT2D eigenvalue weighted by molar-refractivity contribution is 0.0524. The first-order chi connectivity index (χ1) is 8.01. The van der Waals surface area contributed by atoms with Crippen LogP contribution in [0.15, 0.2) is 6.07 Å². The Morgan fingerprint density at radius 3 is 2.65 bits per heavy atom. The smallest absolute Gasteiger partial charge is 0.339 e. The Morgan fingerprint density at radius 2 is 2.18 bits per heavy atom. The lowest BCUT2D eigenvalue weighted by Gasteiger charge is -2.11. The summed E-state index contributed by atoms with van der Waals surface area (Å²) in [5, 5.41) is 0. The molecule has 0 aliphatic rings. The van der Waals surface area contributed by atoms with Crippen LogP contribution in [0.1, 0.15) is 35.0 Å². The maximum absolute atomic E-state index is 12.7. The molecule has 0 N–H and O–H groups in total. The van der Waals surface area contributed by atoms with Gasteiger partial charge < -0.3 is 9.47 Å². The number of ether oxygens (including phenoxy) is 2. The monoisotopic (exact) mass is 245 g/mol. The first-order valence-corrected chi connectivity index (χ1v) is 5.02. The van der Waals surface area contributed by atoms with E-state index in [0.717, 1.165) is 6.07 Å². The van der Waals surface area contributed by atoms with Crippen LogP contribution in [0.4, 0.5) is 8.78 Å². The minimum atomic E-state index is -2.76. The van der Waals surface area contributed by atoms with Crippen molar-refractivity contribution in [1.29, 1.82) is 0 Å². The Labute approximate surface area is 97.6 Å². The zero-order valence-electron chi connectivity index (χ0n) is 9.79. The first kappa shape index (κ1) is 13.3. The molecule has 17 heavy (non-hydrogen) atoms. The average Bonchev–Trinajstić information content (AvgIpc) is 2.28. The number of hydrogen-bond donors (Lipinski definition) is 0. The molecule has 0 aromatic carbocycles. The standard InChI is InChI=1S/C11H13F2NO3/c1-4-17-11(15)7-5-8(9(12)13)10(16-3)14-6(7)2/h5,9H,4H2,1-3H3. The molecule has 0 saturated carbocycles. The van der Waals surface area contributed by atoms with Crippen molar-refractivity contribution in [3.8, 4) is 5.88 Å². The van der Waals surface area contributed by atoms with Crippen LogP contribution >= 0.6 is 0 Å². The molecule has 0 aliphatic heterocycles. The molecule has 6 heteroatoms. The first-order valence-electron chi connectivity index (χ1n) is 5.02. The molecule has 0 spiro atoms. The minimum absolute atomic E-state index is 0.0305. The van der Waals surface area contributed by atoms with E-state index in [9.17, 15) is 13.6 Å². The van der Waals surface area contributed by atoms with Gasteiger partial charge in [-0.1, -0.05) is 0 Å². The third kappa shape index (κ3) is 2.89. The van der Waals surface area contributed by atoms with Crippen LogP contribution in [0.5, 0.6) is 5.88 Å². The van der Waals surface area contributed by atoms with Crippen molar-refractivity contribution in [2.45, 2.75) is 20.3 Å². The second-order valence-electron chi connectivity index (χ2n) is 3.24. The molecule has 0 atom stereocenters. The van der Waals surface area contributed by atoms with E-state index in [0.29, 0.717) is 5.69 Å². The van der Waals surface area contributed by atoms with Crippen molar-refractivity contribution in [3.05, 3.63) is 22.9 Å². The molecule has 0 saturated heterocycles. The predicted molar refractivity (Wildman–Crippen MR) is 56.4 cm³/mol. The highest BCUT2D eigenvalue weighted by Crippen LogP contribution is 2.29. The number of carbonyl (C=O) groups is 1. The van der Waals surface area contributed by atoms with Gasteiger partial charge in [-0.15, -0.1) is 0 Å². The van der Waals surface area contributed by atoms with Gasteiger partial charge in [0.25, 0.3) is 6.43 Å². The zero-order chi connectivity index (χ0) is 13.0.